The summed E-state index contributed by atoms with van der Waals surface area (Å²) in [6, 6.07) is 11.1. The van der Waals surface area contributed by atoms with Crippen LogP contribution in [0.15, 0.2) is 42.7 Å². The van der Waals surface area contributed by atoms with Crippen molar-refractivity contribution in [3.63, 3.8) is 0 Å². The number of rotatable bonds is 32. The topological polar surface area (TPSA) is 8.81 Å². The molecule has 0 bridgehead atoms. The minimum atomic E-state index is 1.15. The molecule has 0 aliphatic carbocycles. The highest BCUT2D eigenvalue weighted by molar-refractivity contribution is 5.52. The van der Waals surface area contributed by atoms with E-state index in [1.807, 2.05) is 0 Å². The Labute approximate surface area is 275 Å². The minimum Gasteiger partial charge on any atom is -0.230 e. The van der Waals surface area contributed by atoms with Crippen molar-refractivity contribution >= 4 is 0 Å². The van der Waals surface area contributed by atoms with E-state index in [0.717, 1.165) is 13.1 Å². The van der Waals surface area contributed by atoms with Gasteiger partial charge in [-0.3, -0.25) is 0 Å². The number of benzene rings is 1. The summed E-state index contributed by atoms with van der Waals surface area (Å²) < 4.78 is 5.06. The first-order valence-corrected chi connectivity index (χ1v) is 20.0. The molecule has 0 radical (unpaired) electrons. The first-order valence-electron chi connectivity index (χ1n) is 20.0. The Kier molecular flexibility index (Phi) is 25.3. The lowest BCUT2D eigenvalue weighted by molar-refractivity contribution is -0.686. The Bertz CT molecular complexity index is 854. The fourth-order valence-electron chi connectivity index (χ4n) is 6.88. The van der Waals surface area contributed by atoms with Crippen molar-refractivity contribution < 1.29 is 4.57 Å². The van der Waals surface area contributed by atoms with E-state index in [1.165, 1.54) is 198 Å². The lowest BCUT2D eigenvalue weighted by Crippen LogP contribution is -2.34. The molecule has 2 aromatic rings. The van der Waals surface area contributed by atoms with Gasteiger partial charge in [-0.25, -0.2) is 9.13 Å². The van der Waals surface area contributed by atoms with Gasteiger partial charge >= 0.3 is 0 Å². The average Bonchev–Trinajstić information content (AvgIpc) is 3.45. The van der Waals surface area contributed by atoms with Gasteiger partial charge in [0, 0.05) is 0 Å². The maximum absolute atomic E-state index is 2.53. The second-order valence-corrected chi connectivity index (χ2v) is 13.9. The van der Waals surface area contributed by atoms with Gasteiger partial charge in [0.15, 0.2) is 0 Å². The molecule has 0 N–H and O–H groups in total. The van der Waals surface area contributed by atoms with Crippen LogP contribution < -0.4 is 4.57 Å². The van der Waals surface area contributed by atoms with Gasteiger partial charge in [-0.05, 0) is 37.8 Å². The van der Waals surface area contributed by atoms with Crippen molar-refractivity contribution in [2.45, 2.75) is 213 Å². The highest BCUT2D eigenvalue weighted by Crippen LogP contribution is 2.19. The summed E-state index contributed by atoms with van der Waals surface area (Å²) in [5, 5.41) is 0. The van der Waals surface area contributed by atoms with Crippen LogP contribution in [0.1, 0.15) is 200 Å². The zero-order valence-corrected chi connectivity index (χ0v) is 29.9. The van der Waals surface area contributed by atoms with Gasteiger partial charge in [0.05, 0.1) is 18.7 Å². The van der Waals surface area contributed by atoms with Gasteiger partial charge in [-0.1, -0.05) is 193 Å². The normalized spacial score (nSPS) is 11.5. The summed E-state index contributed by atoms with van der Waals surface area (Å²) in [6.07, 6.45) is 46.0. The summed E-state index contributed by atoms with van der Waals surface area (Å²) in [7, 11) is 0. The number of hydrogen-bond donors (Lipinski definition) is 0. The molecule has 0 unspecified atom stereocenters. The fourth-order valence-corrected chi connectivity index (χ4v) is 6.88. The third-order valence-electron chi connectivity index (χ3n) is 9.76. The Balaban J connectivity index is 1.53. The zero-order chi connectivity index (χ0) is 31.2. The van der Waals surface area contributed by atoms with Crippen molar-refractivity contribution in [3.8, 4) is 11.4 Å². The quantitative estimate of drug-likeness (QED) is 0.0578. The van der Waals surface area contributed by atoms with Crippen molar-refractivity contribution in [2.24, 2.45) is 0 Å². The molecule has 0 aliphatic rings. The van der Waals surface area contributed by atoms with E-state index in [4.69, 9.17) is 0 Å². The monoisotopic (exact) mass is 608 g/mol. The van der Waals surface area contributed by atoms with Crippen molar-refractivity contribution in [1.82, 2.24) is 4.57 Å². The van der Waals surface area contributed by atoms with E-state index in [0.29, 0.717) is 0 Å². The number of hydrogen-bond acceptors (Lipinski definition) is 0. The highest BCUT2D eigenvalue weighted by atomic mass is 15.1. The van der Waals surface area contributed by atoms with Gasteiger partial charge in [-0.15, -0.1) is 0 Å². The standard InChI is InChI=1S/C42H75N2/c1-3-5-7-9-11-13-15-17-18-19-20-21-23-25-27-29-34-38-44-40-39-43(42(44)41-35-31-30-32-36-41)37-33-28-26-24-22-16-14-12-10-8-6-4-2/h30-32,35-36,39-40H,3-29,33-34,37-38H2,1-2H3/q+1. The van der Waals surface area contributed by atoms with Crippen molar-refractivity contribution in [1.29, 1.82) is 0 Å². The molecule has 252 valence electrons. The summed E-state index contributed by atoms with van der Waals surface area (Å²) in [5.41, 5.74) is 1.36. The lowest BCUT2D eigenvalue weighted by Gasteiger charge is -2.07. The van der Waals surface area contributed by atoms with E-state index in [-0.39, 0.29) is 0 Å². The third-order valence-corrected chi connectivity index (χ3v) is 9.76. The smallest absolute Gasteiger partial charge is 0.230 e. The number of unbranched alkanes of at least 4 members (excludes halogenated alkanes) is 27. The highest BCUT2D eigenvalue weighted by Gasteiger charge is 2.18. The van der Waals surface area contributed by atoms with E-state index in [1.54, 1.807) is 0 Å². The SMILES string of the molecule is CCCCCCCCCCCCCCCCCCC[n+]1ccn(CCCCCCCCCCCCCC)c1-c1ccccc1. The van der Waals surface area contributed by atoms with Crippen LogP contribution in [-0.2, 0) is 13.1 Å². The molecule has 0 saturated heterocycles. The second-order valence-electron chi connectivity index (χ2n) is 13.9. The van der Waals surface area contributed by atoms with E-state index < -0.39 is 0 Å². The molecule has 2 nitrogen and oxygen atoms in total. The van der Waals surface area contributed by atoms with Crippen LogP contribution in [0.4, 0.5) is 0 Å². The molecular weight excluding hydrogens is 532 g/mol. The molecular formula is C42H75N2+. The number of aryl methyl sites for hydroxylation is 2. The molecule has 44 heavy (non-hydrogen) atoms. The summed E-state index contributed by atoms with van der Waals surface area (Å²) in [4.78, 5) is 0. The van der Waals surface area contributed by atoms with Gasteiger partial charge in [0.25, 0.3) is 5.82 Å². The maximum atomic E-state index is 2.53. The zero-order valence-electron chi connectivity index (χ0n) is 29.9. The fraction of sp³-hybridized carbons (Fsp3) is 0.786. The Morgan fingerprint density at radius 3 is 1.20 bits per heavy atom. The maximum Gasteiger partial charge on any atom is 0.288 e. The summed E-state index contributed by atoms with van der Waals surface area (Å²) in [5.74, 6) is 1.41. The molecule has 1 aromatic heterocycles. The molecule has 0 fully saturated rings. The van der Waals surface area contributed by atoms with E-state index >= 15 is 0 Å². The molecule has 0 saturated carbocycles. The molecule has 0 atom stereocenters. The lowest BCUT2D eigenvalue weighted by atomic mass is 10.0. The largest absolute Gasteiger partial charge is 0.288 e. The molecule has 0 aliphatic heterocycles. The Morgan fingerprint density at radius 2 is 0.795 bits per heavy atom. The van der Waals surface area contributed by atoms with Crippen LogP contribution in [0.5, 0.6) is 0 Å². The first kappa shape index (κ1) is 38.6. The minimum absolute atomic E-state index is 1.15. The second kappa shape index (κ2) is 28.9. The van der Waals surface area contributed by atoms with E-state index in [2.05, 4.69) is 65.7 Å². The molecule has 0 amide bonds. The first-order chi connectivity index (χ1) is 21.9. The van der Waals surface area contributed by atoms with Gasteiger partial charge in [0.1, 0.15) is 12.4 Å². The van der Waals surface area contributed by atoms with Gasteiger partial charge < -0.3 is 0 Å². The van der Waals surface area contributed by atoms with Crippen LogP contribution in [0.25, 0.3) is 11.4 Å². The predicted octanol–water partition coefficient (Wildman–Crippen LogP) is 13.8. The van der Waals surface area contributed by atoms with E-state index in [9.17, 15) is 0 Å². The van der Waals surface area contributed by atoms with Crippen molar-refractivity contribution in [3.05, 3.63) is 42.7 Å². The Hall–Kier alpha value is -1.57. The molecule has 1 heterocycles. The molecule has 1 aromatic carbocycles. The predicted molar refractivity (Wildman–Crippen MR) is 195 cm³/mol. The summed E-state index contributed by atoms with van der Waals surface area (Å²) in [6.45, 7) is 6.90. The van der Waals surface area contributed by atoms with Crippen LogP contribution in [0, 0.1) is 0 Å². The van der Waals surface area contributed by atoms with Crippen LogP contribution in [-0.4, -0.2) is 4.57 Å². The number of imidazole rings is 1. The van der Waals surface area contributed by atoms with Crippen LogP contribution >= 0.6 is 0 Å². The molecule has 2 rings (SSSR count). The number of aromatic nitrogens is 2. The number of nitrogens with zero attached hydrogens (tertiary/aromatic N) is 2. The van der Waals surface area contributed by atoms with Crippen LogP contribution in [0.3, 0.4) is 0 Å². The van der Waals surface area contributed by atoms with Gasteiger partial charge in [-0.2, -0.15) is 0 Å². The average molecular weight is 608 g/mol. The van der Waals surface area contributed by atoms with Gasteiger partial charge in [0.2, 0.25) is 0 Å². The summed E-state index contributed by atoms with van der Waals surface area (Å²) >= 11 is 0. The van der Waals surface area contributed by atoms with Crippen LogP contribution in [0.2, 0.25) is 0 Å². The third kappa shape index (κ3) is 19.7. The van der Waals surface area contributed by atoms with Crippen molar-refractivity contribution in [2.75, 3.05) is 0 Å². The Morgan fingerprint density at radius 1 is 0.432 bits per heavy atom. The molecule has 2 heteroatoms. The molecule has 0 spiro atoms.